The molecule has 4 nitrogen and oxygen atoms in total. The molecule has 0 amide bonds. The van der Waals surface area contributed by atoms with Gasteiger partial charge < -0.3 is 14.5 Å². The summed E-state index contributed by atoms with van der Waals surface area (Å²) in [6.45, 7) is 7.09. The van der Waals surface area contributed by atoms with Crippen LogP contribution in [0.15, 0.2) is 42.5 Å². The minimum absolute atomic E-state index is 0.145. The van der Waals surface area contributed by atoms with Gasteiger partial charge >= 0.3 is 0 Å². The quantitative estimate of drug-likeness (QED) is 0.773. The van der Waals surface area contributed by atoms with Crippen molar-refractivity contribution in [2.24, 2.45) is 0 Å². The molecule has 0 unspecified atom stereocenters. The number of methoxy groups -OCH3 is 1. The molecule has 0 bridgehead atoms. The topological polar surface area (TPSA) is 39.5 Å². The summed E-state index contributed by atoms with van der Waals surface area (Å²) in [7, 11) is 1.66. The van der Waals surface area contributed by atoms with Gasteiger partial charge in [0.2, 0.25) is 0 Å². The average molecular weight is 351 g/mol. The first kappa shape index (κ1) is 17.2. The molecule has 0 saturated carbocycles. The van der Waals surface area contributed by atoms with Crippen molar-refractivity contribution >= 4 is 28.7 Å². The highest BCUT2D eigenvalue weighted by molar-refractivity contribution is 7.80. The Morgan fingerprint density at radius 1 is 1.12 bits per heavy atom. The molecule has 25 heavy (non-hydrogen) atoms. The maximum atomic E-state index is 9.14. The van der Waals surface area contributed by atoms with Crippen LogP contribution < -0.4 is 14.5 Å². The lowest BCUT2D eigenvalue weighted by Gasteiger charge is -2.31. The van der Waals surface area contributed by atoms with Crippen LogP contribution in [0.3, 0.4) is 0 Å². The fraction of sp³-hybridized carbons (Fsp3) is 0.300. The molecule has 0 spiro atoms. The number of thiocarbonyl (C=S) groups is 1. The number of nitrogens with zero attached hydrogens (tertiary/aromatic N) is 3. The van der Waals surface area contributed by atoms with E-state index < -0.39 is 0 Å². The van der Waals surface area contributed by atoms with Gasteiger partial charge in [0.1, 0.15) is 5.75 Å². The maximum Gasteiger partial charge on any atom is 0.181 e. The Kier molecular flexibility index (Phi) is 4.40. The molecular weight excluding hydrogens is 330 g/mol. The van der Waals surface area contributed by atoms with Crippen LogP contribution in [0.2, 0.25) is 0 Å². The third kappa shape index (κ3) is 3.06. The van der Waals surface area contributed by atoms with Crippen LogP contribution >= 0.6 is 12.2 Å². The Hall–Kier alpha value is -2.58. The third-order valence-corrected chi connectivity index (χ3v) is 4.95. The van der Waals surface area contributed by atoms with E-state index >= 15 is 0 Å². The number of anilines is 2. The summed E-state index contributed by atoms with van der Waals surface area (Å²) in [5.74, 6) is 0.825. The molecule has 5 heteroatoms. The average Bonchev–Trinajstić information content (AvgIpc) is 2.84. The second kappa shape index (κ2) is 6.38. The van der Waals surface area contributed by atoms with Crippen LogP contribution in [0.25, 0.3) is 0 Å². The Morgan fingerprint density at radius 3 is 2.32 bits per heavy atom. The number of rotatable bonds is 3. The number of hydrogen-bond acceptors (Lipinski definition) is 3. The number of ether oxygens (including phenoxy) is 1. The fourth-order valence-electron chi connectivity index (χ4n) is 3.24. The van der Waals surface area contributed by atoms with Gasteiger partial charge in [-0.1, -0.05) is 0 Å². The molecule has 0 atom stereocenters. The van der Waals surface area contributed by atoms with E-state index in [-0.39, 0.29) is 5.54 Å². The number of benzene rings is 2. The fourth-order valence-corrected chi connectivity index (χ4v) is 3.76. The highest BCUT2D eigenvalue weighted by atomic mass is 32.1. The SMILES string of the molecule is COc1ccc(N2C(=S)N(c3ccc(C#N)c(C)c3)CC2(C)C)cc1. The van der Waals surface area contributed by atoms with Crippen LogP contribution in [0, 0.1) is 18.3 Å². The van der Waals surface area contributed by atoms with Crippen LogP contribution in [0.5, 0.6) is 5.75 Å². The molecular formula is C20H21N3OS. The Balaban J connectivity index is 1.96. The number of aryl methyl sites for hydroxylation is 1. The van der Waals surface area contributed by atoms with E-state index in [0.29, 0.717) is 5.56 Å². The molecule has 128 valence electrons. The molecule has 1 heterocycles. The first-order chi connectivity index (χ1) is 11.9. The van der Waals surface area contributed by atoms with Gasteiger partial charge in [-0.05, 0) is 81.0 Å². The highest BCUT2D eigenvalue weighted by Crippen LogP contribution is 2.36. The van der Waals surface area contributed by atoms with Gasteiger partial charge in [-0.15, -0.1) is 0 Å². The molecule has 2 aromatic rings. The normalized spacial score (nSPS) is 16.0. The van der Waals surface area contributed by atoms with E-state index in [0.717, 1.165) is 34.3 Å². The predicted octanol–water partition coefficient (Wildman–Crippen LogP) is 4.27. The van der Waals surface area contributed by atoms with Gasteiger partial charge in [0.15, 0.2) is 5.11 Å². The molecule has 1 aliphatic rings. The smallest absolute Gasteiger partial charge is 0.181 e. The maximum absolute atomic E-state index is 9.14. The monoisotopic (exact) mass is 351 g/mol. The second-order valence-corrected chi connectivity index (χ2v) is 7.19. The van der Waals surface area contributed by atoms with Gasteiger partial charge in [-0.25, -0.2) is 0 Å². The van der Waals surface area contributed by atoms with Gasteiger partial charge in [-0.2, -0.15) is 5.26 Å². The molecule has 1 saturated heterocycles. The lowest BCUT2D eigenvalue weighted by atomic mass is 10.0. The zero-order valence-corrected chi connectivity index (χ0v) is 15.7. The van der Waals surface area contributed by atoms with Crippen molar-refractivity contribution < 1.29 is 4.74 Å². The Bertz CT molecular complexity index is 852. The molecule has 1 aliphatic heterocycles. The van der Waals surface area contributed by atoms with Crippen molar-refractivity contribution in [1.29, 1.82) is 5.26 Å². The molecule has 1 fully saturated rings. The van der Waals surface area contributed by atoms with Crippen molar-refractivity contribution in [3.8, 4) is 11.8 Å². The van der Waals surface area contributed by atoms with Crippen molar-refractivity contribution in [2.45, 2.75) is 26.3 Å². The number of hydrogen-bond donors (Lipinski definition) is 0. The molecule has 2 aromatic carbocycles. The summed E-state index contributed by atoms with van der Waals surface area (Å²) in [6, 6.07) is 16.0. The van der Waals surface area contributed by atoms with Crippen molar-refractivity contribution in [1.82, 2.24) is 0 Å². The first-order valence-electron chi connectivity index (χ1n) is 8.14. The lowest BCUT2D eigenvalue weighted by Crippen LogP contribution is -2.42. The minimum atomic E-state index is -0.145. The molecule has 3 rings (SSSR count). The van der Waals surface area contributed by atoms with Crippen LogP contribution in [0.4, 0.5) is 11.4 Å². The third-order valence-electron chi connectivity index (χ3n) is 4.55. The van der Waals surface area contributed by atoms with Crippen molar-refractivity contribution in [3.05, 3.63) is 53.6 Å². The summed E-state index contributed by atoms with van der Waals surface area (Å²) < 4.78 is 5.25. The zero-order valence-electron chi connectivity index (χ0n) is 14.9. The molecule has 0 radical (unpaired) electrons. The van der Waals surface area contributed by atoms with Gasteiger partial charge in [0.05, 0.1) is 24.3 Å². The summed E-state index contributed by atoms with van der Waals surface area (Å²) in [5.41, 5.74) is 3.57. The van der Waals surface area contributed by atoms with E-state index in [4.69, 9.17) is 22.2 Å². The largest absolute Gasteiger partial charge is 0.497 e. The molecule has 0 N–H and O–H groups in total. The Morgan fingerprint density at radius 2 is 1.76 bits per heavy atom. The second-order valence-electron chi connectivity index (χ2n) is 6.83. The van der Waals surface area contributed by atoms with Crippen molar-refractivity contribution in [3.63, 3.8) is 0 Å². The molecule has 0 aliphatic carbocycles. The van der Waals surface area contributed by atoms with E-state index in [9.17, 15) is 0 Å². The Labute approximate surface area is 154 Å². The summed E-state index contributed by atoms with van der Waals surface area (Å²) in [6.07, 6.45) is 0. The summed E-state index contributed by atoms with van der Waals surface area (Å²) in [5, 5.41) is 9.90. The van der Waals surface area contributed by atoms with Gasteiger partial charge in [0, 0.05) is 17.9 Å². The van der Waals surface area contributed by atoms with E-state index in [1.807, 2.05) is 49.4 Å². The first-order valence-corrected chi connectivity index (χ1v) is 8.55. The zero-order chi connectivity index (χ0) is 18.2. The minimum Gasteiger partial charge on any atom is -0.497 e. The van der Waals surface area contributed by atoms with Crippen LogP contribution in [0.1, 0.15) is 25.0 Å². The van der Waals surface area contributed by atoms with Gasteiger partial charge in [-0.3, -0.25) is 0 Å². The van der Waals surface area contributed by atoms with Gasteiger partial charge in [0.25, 0.3) is 0 Å². The van der Waals surface area contributed by atoms with E-state index in [2.05, 4.69) is 29.7 Å². The van der Waals surface area contributed by atoms with Crippen molar-refractivity contribution in [2.75, 3.05) is 23.5 Å². The predicted molar refractivity (Wildman–Crippen MR) is 105 cm³/mol. The number of nitriles is 1. The van der Waals surface area contributed by atoms with E-state index in [1.165, 1.54) is 0 Å². The van der Waals surface area contributed by atoms with Crippen LogP contribution in [-0.2, 0) is 0 Å². The standard InChI is InChI=1S/C20H21N3OS/c1-14-11-17(6-5-15(14)12-21)22-13-20(2,3)23(19(22)25)16-7-9-18(24-4)10-8-16/h5-11H,13H2,1-4H3. The summed E-state index contributed by atoms with van der Waals surface area (Å²) >= 11 is 5.80. The van der Waals surface area contributed by atoms with E-state index in [1.54, 1.807) is 7.11 Å². The van der Waals surface area contributed by atoms with Crippen LogP contribution in [-0.4, -0.2) is 24.3 Å². The molecule has 0 aromatic heterocycles. The lowest BCUT2D eigenvalue weighted by molar-refractivity contribution is 0.414. The summed E-state index contributed by atoms with van der Waals surface area (Å²) in [4.78, 5) is 4.31. The highest BCUT2D eigenvalue weighted by Gasteiger charge is 2.42.